The fourth-order valence-electron chi connectivity index (χ4n) is 4.01. The summed E-state index contributed by atoms with van der Waals surface area (Å²) in [5.41, 5.74) is 1.77. The summed E-state index contributed by atoms with van der Waals surface area (Å²) in [6, 6.07) is 14.5. The monoisotopic (exact) mass is 441 g/mol. The predicted molar refractivity (Wildman–Crippen MR) is 118 cm³/mol. The van der Waals surface area contributed by atoms with Crippen LogP contribution in [0.2, 0.25) is 0 Å². The van der Waals surface area contributed by atoms with E-state index in [0.717, 1.165) is 24.6 Å². The van der Waals surface area contributed by atoms with Crippen LogP contribution in [0.15, 0.2) is 65.7 Å². The molecule has 0 radical (unpaired) electrons. The first-order chi connectivity index (χ1) is 14.8. The van der Waals surface area contributed by atoms with Gasteiger partial charge >= 0.3 is 0 Å². The van der Waals surface area contributed by atoms with Crippen LogP contribution in [0.3, 0.4) is 0 Å². The Morgan fingerprint density at radius 2 is 1.81 bits per heavy atom. The lowest BCUT2D eigenvalue weighted by Gasteiger charge is -2.33. The molecule has 0 unspecified atom stereocenters. The molecular weight excluding hydrogens is 418 g/mol. The largest absolute Gasteiger partial charge is 0.366 e. The molecule has 1 aromatic heterocycles. The first kappa shape index (κ1) is 20.9. The standard InChI is InChI=1S/C21H23N5O4S/c1-24-19(9-12-22-24)16-10-13-25(14-11-16)20-8-7-18(15-21(20)26(27)28)31(29,30)23-17-5-3-2-4-6-17/h2-9,12,15-16,23H,10-11,13-14H2,1H3. The lowest BCUT2D eigenvalue weighted by atomic mass is 9.93. The van der Waals surface area contributed by atoms with Crippen molar-refractivity contribution in [3.05, 3.63) is 76.6 Å². The van der Waals surface area contributed by atoms with Crippen molar-refractivity contribution < 1.29 is 13.3 Å². The molecule has 0 atom stereocenters. The maximum Gasteiger partial charge on any atom is 0.293 e. The van der Waals surface area contributed by atoms with Crippen LogP contribution in [0, 0.1) is 10.1 Å². The van der Waals surface area contributed by atoms with Crippen molar-refractivity contribution in [2.75, 3.05) is 22.7 Å². The van der Waals surface area contributed by atoms with Gasteiger partial charge in [-0.15, -0.1) is 0 Å². The van der Waals surface area contributed by atoms with Gasteiger partial charge in [0.05, 0.1) is 9.82 Å². The lowest BCUT2D eigenvalue weighted by molar-refractivity contribution is -0.384. The SMILES string of the molecule is Cn1nccc1C1CCN(c2ccc(S(=O)(=O)Nc3ccccc3)cc2[N+](=O)[O-])CC1. The van der Waals surface area contributed by atoms with E-state index in [2.05, 4.69) is 9.82 Å². The van der Waals surface area contributed by atoms with E-state index in [1.165, 1.54) is 12.1 Å². The zero-order valence-electron chi connectivity index (χ0n) is 17.0. The topological polar surface area (TPSA) is 110 Å². The van der Waals surface area contributed by atoms with Crippen LogP contribution in [0.1, 0.15) is 24.5 Å². The van der Waals surface area contributed by atoms with Crippen LogP contribution < -0.4 is 9.62 Å². The molecule has 2 heterocycles. The zero-order chi connectivity index (χ0) is 22.0. The van der Waals surface area contributed by atoms with Gasteiger partial charge in [0.15, 0.2) is 0 Å². The maximum absolute atomic E-state index is 12.7. The summed E-state index contributed by atoms with van der Waals surface area (Å²) in [5, 5.41) is 16.0. The Morgan fingerprint density at radius 3 is 2.42 bits per heavy atom. The molecule has 162 valence electrons. The highest BCUT2D eigenvalue weighted by Gasteiger charge is 2.28. The number of hydrogen-bond acceptors (Lipinski definition) is 6. The quantitative estimate of drug-likeness (QED) is 0.463. The summed E-state index contributed by atoms with van der Waals surface area (Å²) in [5.74, 6) is 0.345. The predicted octanol–water partition coefficient (Wildman–Crippen LogP) is 3.51. The fourth-order valence-corrected chi connectivity index (χ4v) is 5.08. The van der Waals surface area contributed by atoms with E-state index in [9.17, 15) is 18.5 Å². The molecule has 1 N–H and O–H groups in total. The molecule has 10 heteroatoms. The minimum absolute atomic E-state index is 0.142. The number of benzene rings is 2. The summed E-state index contributed by atoms with van der Waals surface area (Å²) >= 11 is 0. The van der Waals surface area contributed by atoms with E-state index in [1.54, 1.807) is 36.5 Å². The number of nitrogens with one attached hydrogen (secondary N) is 1. The molecule has 1 fully saturated rings. The van der Waals surface area contributed by atoms with E-state index in [-0.39, 0.29) is 10.6 Å². The van der Waals surface area contributed by atoms with Gasteiger partial charge in [-0.2, -0.15) is 5.10 Å². The highest BCUT2D eigenvalue weighted by atomic mass is 32.2. The first-order valence-corrected chi connectivity index (χ1v) is 11.4. The van der Waals surface area contributed by atoms with Crippen LogP contribution >= 0.6 is 0 Å². The number of aromatic nitrogens is 2. The van der Waals surface area contributed by atoms with E-state index in [0.29, 0.717) is 30.4 Å². The number of sulfonamides is 1. The molecule has 9 nitrogen and oxygen atoms in total. The Kier molecular flexibility index (Phi) is 5.64. The van der Waals surface area contributed by atoms with Crippen molar-refractivity contribution in [1.82, 2.24) is 9.78 Å². The van der Waals surface area contributed by atoms with Crippen LogP contribution in [0.4, 0.5) is 17.1 Å². The number of para-hydroxylation sites is 1. The number of nitrogens with zero attached hydrogens (tertiary/aromatic N) is 4. The average Bonchev–Trinajstić information content (AvgIpc) is 3.19. The third-order valence-electron chi connectivity index (χ3n) is 5.59. The van der Waals surface area contributed by atoms with Crippen molar-refractivity contribution in [3.8, 4) is 0 Å². The van der Waals surface area contributed by atoms with E-state index >= 15 is 0 Å². The Bertz CT molecular complexity index is 1190. The zero-order valence-corrected chi connectivity index (χ0v) is 17.8. The fraction of sp³-hybridized carbons (Fsp3) is 0.286. The van der Waals surface area contributed by atoms with Gasteiger partial charge in [-0.25, -0.2) is 8.42 Å². The molecule has 0 aliphatic carbocycles. The summed E-state index contributed by atoms with van der Waals surface area (Å²) in [6.45, 7) is 1.29. The highest BCUT2D eigenvalue weighted by molar-refractivity contribution is 7.92. The number of nitro benzene ring substituents is 1. The van der Waals surface area contributed by atoms with Crippen LogP contribution in [0.25, 0.3) is 0 Å². The highest BCUT2D eigenvalue weighted by Crippen LogP contribution is 2.36. The lowest BCUT2D eigenvalue weighted by Crippen LogP contribution is -2.33. The minimum atomic E-state index is -3.94. The van der Waals surface area contributed by atoms with Crippen LogP contribution in [-0.2, 0) is 17.1 Å². The number of anilines is 2. The minimum Gasteiger partial charge on any atom is -0.366 e. The van der Waals surface area contributed by atoms with Gasteiger partial charge in [0.1, 0.15) is 5.69 Å². The molecular formula is C21H23N5O4S. The molecule has 4 rings (SSSR count). The molecule has 0 amide bonds. The third-order valence-corrected chi connectivity index (χ3v) is 6.97. The average molecular weight is 442 g/mol. The van der Waals surface area contributed by atoms with Crippen LogP contribution in [0.5, 0.6) is 0 Å². The third kappa shape index (κ3) is 4.38. The Hall–Kier alpha value is -3.40. The summed E-state index contributed by atoms with van der Waals surface area (Å²) < 4.78 is 29.7. The second-order valence-corrected chi connectivity index (χ2v) is 9.20. The second-order valence-electron chi connectivity index (χ2n) is 7.52. The van der Waals surface area contributed by atoms with Crippen molar-refractivity contribution in [2.24, 2.45) is 7.05 Å². The summed E-state index contributed by atoms with van der Waals surface area (Å²) in [6.07, 6.45) is 3.45. The van der Waals surface area contributed by atoms with Gasteiger partial charge in [-0.1, -0.05) is 18.2 Å². The summed E-state index contributed by atoms with van der Waals surface area (Å²) in [7, 11) is -2.03. The molecule has 3 aromatic rings. The summed E-state index contributed by atoms with van der Waals surface area (Å²) in [4.78, 5) is 13.0. The molecule has 1 aliphatic rings. The molecule has 1 aliphatic heterocycles. The molecule has 1 saturated heterocycles. The van der Waals surface area contributed by atoms with Crippen molar-refractivity contribution in [2.45, 2.75) is 23.7 Å². The number of rotatable bonds is 6. The normalized spacial score (nSPS) is 15.1. The molecule has 2 aromatic carbocycles. The Morgan fingerprint density at radius 1 is 1.10 bits per heavy atom. The van der Waals surface area contributed by atoms with Gasteiger partial charge < -0.3 is 4.90 Å². The second kappa shape index (κ2) is 8.38. The smallest absolute Gasteiger partial charge is 0.293 e. The molecule has 31 heavy (non-hydrogen) atoms. The molecule has 0 bridgehead atoms. The van der Waals surface area contributed by atoms with Crippen molar-refractivity contribution in [3.63, 3.8) is 0 Å². The van der Waals surface area contributed by atoms with E-state index < -0.39 is 14.9 Å². The number of nitro groups is 1. The first-order valence-electron chi connectivity index (χ1n) is 9.94. The van der Waals surface area contributed by atoms with Crippen molar-refractivity contribution >= 4 is 27.1 Å². The van der Waals surface area contributed by atoms with Gasteiger partial charge in [-0.05, 0) is 43.2 Å². The van der Waals surface area contributed by atoms with Gasteiger partial charge in [0, 0.05) is 49.7 Å². The van der Waals surface area contributed by atoms with E-state index in [1.807, 2.05) is 22.7 Å². The number of aryl methyl sites for hydroxylation is 1. The van der Waals surface area contributed by atoms with Gasteiger partial charge in [0.25, 0.3) is 15.7 Å². The van der Waals surface area contributed by atoms with Gasteiger partial charge in [0.2, 0.25) is 0 Å². The molecule has 0 saturated carbocycles. The Labute approximate surface area is 180 Å². The van der Waals surface area contributed by atoms with E-state index in [4.69, 9.17) is 0 Å². The molecule has 0 spiro atoms. The van der Waals surface area contributed by atoms with Crippen molar-refractivity contribution in [1.29, 1.82) is 0 Å². The maximum atomic E-state index is 12.7. The number of piperidine rings is 1. The number of hydrogen-bond donors (Lipinski definition) is 1. The Balaban J connectivity index is 1.56. The van der Waals surface area contributed by atoms with Gasteiger partial charge in [-0.3, -0.25) is 19.5 Å². The van der Waals surface area contributed by atoms with Crippen LogP contribution in [-0.4, -0.2) is 36.2 Å².